The lowest BCUT2D eigenvalue weighted by atomic mass is 10.1. The van der Waals surface area contributed by atoms with Crippen LogP contribution < -0.4 is 16.0 Å². The minimum absolute atomic E-state index is 0. The normalized spacial score (nSPS) is 14.5. The highest BCUT2D eigenvalue weighted by Gasteiger charge is 2.16. The number of hydrogen-bond donors (Lipinski definition) is 3. The van der Waals surface area contributed by atoms with Crippen molar-refractivity contribution in [2.75, 3.05) is 24.7 Å². The van der Waals surface area contributed by atoms with Gasteiger partial charge in [-0.2, -0.15) is 5.10 Å². The van der Waals surface area contributed by atoms with Crippen LogP contribution in [0.5, 0.6) is 0 Å². The number of nitrogens with zero attached hydrogens (tertiary/aromatic N) is 2. The molecule has 0 unspecified atom stereocenters. The predicted octanol–water partition coefficient (Wildman–Crippen LogP) is 4.04. The number of para-hydroxylation sites is 1. The molecule has 0 spiro atoms. The number of fused-ring (bicyclic) bond motifs is 1. The molecule has 1 fully saturated rings. The maximum absolute atomic E-state index is 12.4. The lowest BCUT2D eigenvalue weighted by Crippen LogP contribution is -2.44. The number of halogens is 1. The first-order valence-corrected chi connectivity index (χ1v) is 10.4. The second-order valence-corrected chi connectivity index (χ2v) is 7.41. The minimum atomic E-state index is -0.155. The van der Waals surface area contributed by atoms with Gasteiger partial charge in [0.15, 0.2) is 0 Å². The van der Waals surface area contributed by atoms with Gasteiger partial charge in [0.2, 0.25) is 0 Å². The maximum Gasteiger partial charge on any atom is 0.319 e. The number of amides is 2. The standard InChI is InChI=1S/C20H23N5OS.ClH/c1-27-19-17-8-7-15(23-20(26)22-14-9-11-21-12-10-14)13-18(17)25(24-19)16-5-3-2-4-6-16;/h2-8,13-14,21H,9-12H2,1H3,(H2,22,23,26);1H. The maximum atomic E-state index is 12.4. The highest BCUT2D eigenvalue weighted by molar-refractivity contribution is 7.98. The van der Waals surface area contributed by atoms with E-state index in [0.717, 1.165) is 53.2 Å². The molecule has 3 aromatic rings. The Morgan fingerprint density at radius 1 is 1.18 bits per heavy atom. The van der Waals surface area contributed by atoms with Crippen molar-refractivity contribution in [1.29, 1.82) is 0 Å². The molecule has 0 aliphatic carbocycles. The topological polar surface area (TPSA) is 71.0 Å². The van der Waals surface area contributed by atoms with Gasteiger partial charge in [0.1, 0.15) is 5.03 Å². The van der Waals surface area contributed by atoms with Crippen LogP contribution in [0, 0.1) is 0 Å². The lowest BCUT2D eigenvalue weighted by molar-refractivity contribution is 0.245. The predicted molar refractivity (Wildman–Crippen MR) is 118 cm³/mol. The molecule has 1 saturated heterocycles. The highest BCUT2D eigenvalue weighted by atomic mass is 35.5. The van der Waals surface area contributed by atoms with E-state index in [1.165, 1.54) is 0 Å². The Labute approximate surface area is 174 Å². The zero-order valence-electron chi connectivity index (χ0n) is 15.6. The second-order valence-electron chi connectivity index (χ2n) is 6.61. The van der Waals surface area contributed by atoms with Gasteiger partial charge >= 0.3 is 6.03 Å². The fraction of sp³-hybridized carbons (Fsp3) is 0.300. The van der Waals surface area contributed by atoms with Crippen molar-refractivity contribution in [1.82, 2.24) is 20.4 Å². The van der Waals surface area contributed by atoms with Crippen molar-refractivity contribution >= 4 is 46.8 Å². The minimum Gasteiger partial charge on any atom is -0.335 e. The number of aromatic nitrogens is 2. The van der Waals surface area contributed by atoms with Gasteiger partial charge in [-0.1, -0.05) is 18.2 Å². The van der Waals surface area contributed by atoms with Crippen LogP contribution in [-0.2, 0) is 0 Å². The fourth-order valence-electron chi connectivity index (χ4n) is 3.40. The Morgan fingerprint density at radius 3 is 2.64 bits per heavy atom. The monoisotopic (exact) mass is 417 g/mol. The first-order valence-electron chi connectivity index (χ1n) is 9.15. The van der Waals surface area contributed by atoms with Crippen molar-refractivity contribution in [2.24, 2.45) is 0 Å². The molecular formula is C20H24ClN5OS. The van der Waals surface area contributed by atoms with Crippen LogP contribution in [0.4, 0.5) is 10.5 Å². The third-order valence-electron chi connectivity index (χ3n) is 4.77. The summed E-state index contributed by atoms with van der Waals surface area (Å²) in [5.41, 5.74) is 2.74. The van der Waals surface area contributed by atoms with Gasteiger partial charge < -0.3 is 16.0 Å². The van der Waals surface area contributed by atoms with Crippen LogP contribution in [0.15, 0.2) is 53.6 Å². The molecule has 2 heterocycles. The summed E-state index contributed by atoms with van der Waals surface area (Å²) in [6.45, 7) is 1.90. The Kier molecular flexibility index (Phi) is 6.83. The summed E-state index contributed by atoms with van der Waals surface area (Å²) in [6, 6.07) is 16.0. The number of hydrogen-bond acceptors (Lipinski definition) is 4. The molecule has 2 amide bonds. The van der Waals surface area contributed by atoms with Gasteiger partial charge in [-0.3, -0.25) is 0 Å². The molecule has 4 rings (SSSR count). The van der Waals surface area contributed by atoms with E-state index >= 15 is 0 Å². The first-order chi connectivity index (χ1) is 13.2. The quantitative estimate of drug-likeness (QED) is 0.560. The van der Waals surface area contributed by atoms with E-state index in [0.29, 0.717) is 0 Å². The number of anilines is 1. The smallest absolute Gasteiger partial charge is 0.319 e. The summed E-state index contributed by atoms with van der Waals surface area (Å²) in [4.78, 5) is 12.4. The number of thioether (sulfide) groups is 1. The number of carbonyl (C=O) groups excluding carboxylic acids is 1. The lowest BCUT2D eigenvalue weighted by Gasteiger charge is -2.23. The molecule has 6 nitrogen and oxygen atoms in total. The van der Waals surface area contributed by atoms with Gasteiger partial charge in [-0.05, 0) is 62.5 Å². The number of urea groups is 1. The molecule has 3 N–H and O–H groups in total. The number of piperidine rings is 1. The van der Waals surface area contributed by atoms with Crippen molar-refractivity contribution in [3.63, 3.8) is 0 Å². The Balaban J connectivity index is 0.00000225. The number of rotatable bonds is 4. The average molecular weight is 418 g/mol. The van der Waals surface area contributed by atoms with Crippen LogP contribution in [0.2, 0.25) is 0 Å². The zero-order chi connectivity index (χ0) is 18.6. The molecule has 0 bridgehead atoms. The first kappa shape index (κ1) is 20.5. The second kappa shape index (κ2) is 9.32. The van der Waals surface area contributed by atoms with Crippen LogP contribution in [0.1, 0.15) is 12.8 Å². The van der Waals surface area contributed by atoms with E-state index in [1.54, 1.807) is 11.8 Å². The molecule has 28 heavy (non-hydrogen) atoms. The molecular weight excluding hydrogens is 394 g/mol. The van der Waals surface area contributed by atoms with Crippen LogP contribution in [-0.4, -0.2) is 41.2 Å². The average Bonchev–Trinajstić information content (AvgIpc) is 3.07. The van der Waals surface area contributed by atoms with Crippen LogP contribution >= 0.6 is 24.2 Å². The van der Waals surface area contributed by atoms with Crippen LogP contribution in [0.3, 0.4) is 0 Å². The van der Waals surface area contributed by atoms with Gasteiger partial charge in [-0.15, -0.1) is 24.2 Å². The fourth-order valence-corrected chi connectivity index (χ4v) is 3.96. The number of carbonyl (C=O) groups is 1. The summed E-state index contributed by atoms with van der Waals surface area (Å²) >= 11 is 1.62. The van der Waals surface area contributed by atoms with E-state index in [4.69, 9.17) is 5.10 Å². The van der Waals surface area contributed by atoms with Crippen molar-refractivity contribution < 1.29 is 4.79 Å². The molecule has 1 aliphatic heterocycles. The molecule has 0 saturated carbocycles. The third kappa shape index (κ3) is 4.43. The van der Waals surface area contributed by atoms with E-state index in [2.05, 4.69) is 16.0 Å². The molecule has 8 heteroatoms. The molecule has 0 atom stereocenters. The van der Waals surface area contributed by atoms with E-state index in [1.807, 2.05) is 59.5 Å². The molecule has 1 aromatic heterocycles. The van der Waals surface area contributed by atoms with Crippen molar-refractivity contribution in [3.8, 4) is 5.69 Å². The van der Waals surface area contributed by atoms with E-state index in [9.17, 15) is 4.79 Å². The van der Waals surface area contributed by atoms with Gasteiger partial charge in [0.05, 0.1) is 11.2 Å². The van der Waals surface area contributed by atoms with Gasteiger partial charge in [0.25, 0.3) is 0 Å². The van der Waals surface area contributed by atoms with Crippen LogP contribution in [0.25, 0.3) is 16.6 Å². The summed E-state index contributed by atoms with van der Waals surface area (Å²) in [7, 11) is 0. The largest absolute Gasteiger partial charge is 0.335 e. The third-order valence-corrected chi connectivity index (χ3v) is 5.46. The van der Waals surface area contributed by atoms with E-state index in [-0.39, 0.29) is 24.5 Å². The Hall–Kier alpha value is -2.22. The SMILES string of the molecule is CSc1nn(-c2ccccc2)c2cc(NC(=O)NC3CCNCC3)ccc12.Cl. The molecule has 0 radical (unpaired) electrons. The Bertz CT molecular complexity index is 940. The summed E-state index contributed by atoms with van der Waals surface area (Å²) in [6.07, 6.45) is 3.95. The van der Waals surface area contributed by atoms with Crippen molar-refractivity contribution in [2.45, 2.75) is 23.9 Å². The molecule has 2 aromatic carbocycles. The number of benzene rings is 2. The summed E-state index contributed by atoms with van der Waals surface area (Å²) < 4.78 is 1.93. The molecule has 148 valence electrons. The summed E-state index contributed by atoms with van der Waals surface area (Å²) in [5, 5.41) is 16.1. The summed E-state index contributed by atoms with van der Waals surface area (Å²) in [5.74, 6) is 0. The van der Waals surface area contributed by atoms with Gasteiger partial charge in [0, 0.05) is 17.1 Å². The van der Waals surface area contributed by atoms with E-state index < -0.39 is 0 Å². The molecule has 1 aliphatic rings. The zero-order valence-corrected chi connectivity index (χ0v) is 17.3. The highest BCUT2D eigenvalue weighted by Crippen LogP contribution is 2.30. The number of nitrogens with one attached hydrogen (secondary N) is 3. The van der Waals surface area contributed by atoms with Gasteiger partial charge in [-0.25, -0.2) is 9.48 Å². The Morgan fingerprint density at radius 2 is 1.93 bits per heavy atom. The van der Waals surface area contributed by atoms with Crippen molar-refractivity contribution in [3.05, 3.63) is 48.5 Å².